The van der Waals surface area contributed by atoms with Crippen LogP contribution in [-0.2, 0) is 6.54 Å². The van der Waals surface area contributed by atoms with E-state index in [0.29, 0.717) is 5.56 Å². The van der Waals surface area contributed by atoms with Crippen LogP contribution in [0.5, 0.6) is 0 Å². The van der Waals surface area contributed by atoms with Crippen molar-refractivity contribution in [3.05, 3.63) is 29.6 Å². The van der Waals surface area contributed by atoms with Crippen molar-refractivity contribution in [2.24, 2.45) is 11.8 Å². The maximum atomic E-state index is 8.86. The normalized spacial score (nSPS) is 17.9. The molecular formula is C15H21N3. The van der Waals surface area contributed by atoms with Gasteiger partial charge in [-0.3, -0.25) is 9.88 Å². The molecule has 1 saturated heterocycles. The monoisotopic (exact) mass is 243 g/mol. The molecule has 96 valence electrons. The van der Waals surface area contributed by atoms with Crippen molar-refractivity contribution in [3.63, 3.8) is 0 Å². The predicted octanol–water partition coefficient (Wildman–Crippen LogP) is 2.82. The Morgan fingerprint density at radius 1 is 1.39 bits per heavy atom. The summed E-state index contributed by atoms with van der Waals surface area (Å²) < 4.78 is 0. The molecule has 1 aromatic rings. The molecule has 0 radical (unpaired) electrons. The van der Waals surface area contributed by atoms with Gasteiger partial charge in [0.25, 0.3) is 0 Å². The summed E-state index contributed by atoms with van der Waals surface area (Å²) in [5, 5.41) is 8.86. The van der Waals surface area contributed by atoms with Gasteiger partial charge in [-0.2, -0.15) is 5.26 Å². The second-order valence-electron chi connectivity index (χ2n) is 5.55. The number of hydrogen-bond donors (Lipinski definition) is 0. The molecule has 0 saturated carbocycles. The Hall–Kier alpha value is -1.40. The van der Waals surface area contributed by atoms with Crippen LogP contribution < -0.4 is 0 Å². The largest absolute Gasteiger partial charge is 0.299 e. The van der Waals surface area contributed by atoms with E-state index < -0.39 is 0 Å². The van der Waals surface area contributed by atoms with Gasteiger partial charge in [-0.15, -0.1) is 0 Å². The first-order chi connectivity index (χ1) is 8.69. The van der Waals surface area contributed by atoms with E-state index in [1.807, 2.05) is 12.3 Å². The van der Waals surface area contributed by atoms with Gasteiger partial charge in [0.2, 0.25) is 0 Å². The number of rotatable bonds is 3. The highest BCUT2D eigenvalue weighted by Crippen LogP contribution is 2.25. The van der Waals surface area contributed by atoms with Crippen LogP contribution in [0.15, 0.2) is 18.5 Å². The first kappa shape index (κ1) is 13.0. The Kier molecular flexibility index (Phi) is 4.33. The number of pyridine rings is 1. The zero-order chi connectivity index (χ0) is 13.0. The predicted molar refractivity (Wildman–Crippen MR) is 71.8 cm³/mol. The molecule has 0 spiro atoms. The highest BCUT2D eigenvalue weighted by Gasteiger charge is 2.21. The summed E-state index contributed by atoms with van der Waals surface area (Å²) in [5.74, 6) is 1.68. The lowest BCUT2D eigenvalue weighted by molar-refractivity contribution is 0.152. The third-order valence-corrected chi connectivity index (χ3v) is 3.91. The summed E-state index contributed by atoms with van der Waals surface area (Å²) >= 11 is 0. The van der Waals surface area contributed by atoms with E-state index in [9.17, 15) is 0 Å². The lowest BCUT2D eigenvalue weighted by Gasteiger charge is -2.33. The first-order valence-corrected chi connectivity index (χ1v) is 6.75. The minimum atomic E-state index is 0.657. The van der Waals surface area contributed by atoms with Crippen LogP contribution in [0.2, 0.25) is 0 Å². The molecule has 1 fully saturated rings. The smallest absolute Gasteiger partial charge is 0.101 e. The van der Waals surface area contributed by atoms with Crippen molar-refractivity contribution < 1.29 is 0 Å². The van der Waals surface area contributed by atoms with E-state index in [1.165, 1.54) is 25.9 Å². The van der Waals surface area contributed by atoms with Gasteiger partial charge in [-0.05, 0) is 49.4 Å². The molecule has 1 aromatic heterocycles. The minimum absolute atomic E-state index is 0.657. The molecule has 0 unspecified atom stereocenters. The van der Waals surface area contributed by atoms with E-state index in [-0.39, 0.29) is 0 Å². The molecule has 18 heavy (non-hydrogen) atoms. The maximum Gasteiger partial charge on any atom is 0.101 e. The summed E-state index contributed by atoms with van der Waals surface area (Å²) in [5.41, 5.74) is 1.81. The van der Waals surface area contributed by atoms with Crippen molar-refractivity contribution >= 4 is 0 Å². The maximum absolute atomic E-state index is 8.86. The number of nitriles is 1. The molecule has 3 nitrogen and oxygen atoms in total. The second-order valence-corrected chi connectivity index (χ2v) is 5.55. The Balaban J connectivity index is 1.90. The van der Waals surface area contributed by atoms with Gasteiger partial charge in [0.15, 0.2) is 0 Å². The van der Waals surface area contributed by atoms with Gasteiger partial charge in [0.05, 0.1) is 5.56 Å². The van der Waals surface area contributed by atoms with Gasteiger partial charge < -0.3 is 0 Å². The molecule has 0 N–H and O–H groups in total. The zero-order valence-corrected chi connectivity index (χ0v) is 11.3. The van der Waals surface area contributed by atoms with Crippen LogP contribution >= 0.6 is 0 Å². The molecule has 0 amide bonds. The van der Waals surface area contributed by atoms with E-state index in [0.717, 1.165) is 23.9 Å². The molecule has 1 aliphatic heterocycles. The number of piperidine rings is 1. The van der Waals surface area contributed by atoms with Gasteiger partial charge >= 0.3 is 0 Å². The molecule has 0 aromatic carbocycles. The first-order valence-electron chi connectivity index (χ1n) is 6.75. The van der Waals surface area contributed by atoms with Crippen LogP contribution in [0.1, 0.15) is 37.8 Å². The fourth-order valence-electron chi connectivity index (χ4n) is 2.67. The summed E-state index contributed by atoms with van der Waals surface area (Å²) in [6.45, 7) is 7.90. The van der Waals surface area contributed by atoms with Gasteiger partial charge in [-0.25, -0.2) is 0 Å². The average molecular weight is 243 g/mol. The molecule has 0 bridgehead atoms. The van der Waals surface area contributed by atoms with Crippen LogP contribution in [0.4, 0.5) is 0 Å². The third kappa shape index (κ3) is 3.30. The SMILES string of the molecule is CC(C)C1CCN(Cc2cncc(C#N)c2)CC1. The fourth-order valence-corrected chi connectivity index (χ4v) is 2.67. The van der Waals surface area contributed by atoms with Crippen molar-refractivity contribution in [3.8, 4) is 6.07 Å². The molecule has 1 aliphatic rings. The fraction of sp³-hybridized carbons (Fsp3) is 0.600. The van der Waals surface area contributed by atoms with Crippen LogP contribution in [0.3, 0.4) is 0 Å². The second kappa shape index (κ2) is 5.97. The number of hydrogen-bond acceptors (Lipinski definition) is 3. The van der Waals surface area contributed by atoms with Crippen LogP contribution in [0, 0.1) is 23.2 Å². The Morgan fingerprint density at radius 2 is 2.11 bits per heavy atom. The summed E-state index contributed by atoms with van der Waals surface area (Å²) in [6, 6.07) is 4.09. The van der Waals surface area contributed by atoms with Crippen molar-refractivity contribution in [1.82, 2.24) is 9.88 Å². The van der Waals surface area contributed by atoms with E-state index >= 15 is 0 Å². The lowest BCUT2D eigenvalue weighted by atomic mass is 9.86. The Morgan fingerprint density at radius 3 is 2.72 bits per heavy atom. The average Bonchev–Trinajstić information content (AvgIpc) is 2.39. The van der Waals surface area contributed by atoms with Crippen molar-refractivity contribution in [1.29, 1.82) is 5.26 Å². The molecular weight excluding hydrogens is 222 g/mol. The van der Waals surface area contributed by atoms with Crippen LogP contribution in [0.25, 0.3) is 0 Å². The number of nitrogens with zero attached hydrogens (tertiary/aromatic N) is 3. The number of aromatic nitrogens is 1. The number of likely N-dealkylation sites (tertiary alicyclic amines) is 1. The lowest BCUT2D eigenvalue weighted by Crippen LogP contribution is -2.34. The highest BCUT2D eigenvalue weighted by atomic mass is 15.1. The van der Waals surface area contributed by atoms with Crippen molar-refractivity contribution in [2.75, 3.05) is 13.1 Å². The van der Waals surface area contributed by atoms with Gasteiger partial charge in [0, 0.05) is 18.9 Å². The highest BCUT2D eigenvalue weighted by molar-refractivity contribution is 5.28. The summed E-state index contributed by atoms with van der Waals surface area (Å²) in [7, 11) is 0. The molecule has 0 atom stereocenters. The van der Waals surface area contributed by atoms with Crippen LogP contribution in [-0.4, -0.2) is 23.0 Å². The summed E-state index contributed by atoms with van der Waals surface area (Å²) in [4.78, 5) is 6.58. The summed E-state index contributed by atoms with van der Waals surface area (Å²) in [6.07, 6.45) is 6.08. The van der Waals surface area contributed by atoms with E-state index in [4.69, 9.17) is 5.26 Å². The van der Waals surface area contributed by atoms with Crippen molar-refractivity contribution in [2.45, 2.75) is 33.2 Å². The minimum Gasteiger partial charge on any atom is -0.299 e. The van der Waals surface area contributed by atoms with E-state index in [1.54, 1.807) is 6.20 Å². The van der Waals surface area contributed by atoms with Gasteiger partial charge in [-0.1, -0.05) is 13.8 Å². The molecule has 2 rings (SSSR count). The Bertz CT molecular complexity index is 426. The van der Waals surface area contributed by atoms with E-state index in [2.05, 4.69) is 29.8 Å². The molecule has 2 heterocycles. The Labute approximate surface area is 109 Å². The quantitative estimate of drug-likeness (QED) is 0.819. The third-order valence-electron chi connectivity index (χ3n) is 3.91. The zero-order valence-electron chi connectivity index (χ0n) is 11.3. The molecule has 0 aliphatic carbocycles. The topological polar surface area (TPSA) is 39.9 Å². The standard InChI is InChI=1S/C15H21N3/c1-12(2)15-3-5-18(6-4-15)11-14-7-13(8-16)9-17-10-14/h7,9-10,12,15H,3-6,11H2,1-2H3. The molecule has 3 heteroatoms. The van der Waals surface area contributed by atoms with Gasteiger partial charge in [0.1, 0.15) is 6.07 Å².